The number of hydrogen-bond donors (Lipinski definition) is 2. The molecule has 0 aliphatic carbocycles. The summed E-state index contributed by atoms with van der Waals surface area (Å²) in [5, 5.41) is 9.03. The van der Waals surface area contributed by atoms with Crippen molar-refractivity contribution in [3.8, 4) is 0 Å². The van der Waals surface area contributed by atoms with Gasteiger partial charge in [0.2, 0.25) is 0 Å². The maximum Gasteiger partial charge on any atom is 0.0858 e. The van der Waals surface area contributed by atoms with Crippen molar-refractivity contribution in [3.05, 3.63) is 91.9 Å². The zero-order valence-corrected chi connectivity index (χ0v) is 21.3. The third kappa shape index (κ3) is 5.18. The van der Waals surface area contributed by atoms with Crippen molar-refractivity contribution >= 4 is 50.5 Å². The normalized spacial score (nSPS) is 20.3. The van der Waals surface area contributed by atoms with Crippen LogP contribution in [-0.4, -0.2) is 37.7 Å². The molecule has 2 N–H and O–H groups in total. The zero-order valence-electron chi connectivity index (χ0n) is 18.2. The molecule has 0 radical (unpaired) electrons. The number of hydrogen-bond acceptors (Lipinski definition) is 4. The minimum Gasteiger partial charge on any atom is -0.382 e. The van der Waals surface area contributed by atoms with E-state index in [0.29, 0.717) is 0 Å². The summed E-state index contributed by atoms with van der Waals surface area (Å²) >= 11 is 16.3. The molecule has 3 aromatic rings. The quantitative estimate of drug-likeness (QED) is 0.367. The van der Waals surface area contributed by atoms with Gasteiger partial charge >= 0.3 is 0 Å². The molecule has 2 aliphatic heterocycles. The average Bonchev–Trinajstić information content (AvgIpc) is 3.13. The fraction of sp³-hybridized carbons (Fsp3) is 0.308. The molecular formula is C26H26BrCl2N3O. The number of fused-ring (bicyclic) bond motifs is 1. The highest BCUT2D eigenvalue weighted by molar-refractivity contribution is 9.10. The van der Waals surface area contributed by atoms with E-state index in [1.165, 1.54) is 16.7 Å². The molecule has 1 fully saturated rings. The van der Waals surface area contributed by atoms with Crippen molar-refractivity contribution in [1.82, 2.24) is 4.90 Å². The highest BCUT2D eigenvalue weighted by Crippen LogP contribution is 2.42. The van der Waals surface area contributed by atoms with Crippen LogP contribution in [0.3, 0.4) is 0 Å². The third-order valence-electron chi connectivity index (χ3n) is 6.42. The largest absolute Gasteiger partial charge is 0.382 e. The number of anilines is 2. The van der Waals surface area contributed by atoms with E-state index in [9.17, 15) is 0 Å². The Labute approximate surface area is 213 Å². The van der Waals surface area contributed by atoms with Crippen LogP contribution in [0.1, 0.15) is 16.7 Å². The van der Waals surface area contributed by atoms with E-state index in [2.05, 4.69) is 67.9 Å². The molecule has 2 heterocycles. The lowest BCUT2D eigenvalue weighted by molar-refractivity contribution is 0.0342. The SMILES string of the molecule is Clc1cccc(CC2(Nc3cc(Br)ccc3CN3CCOCC3)CNc3cc(Cl)ccc32)c1. The van der Waals surface area contributed by atoms with E-state index in [0.717, 1.165) is 71.7 Å². The molecule has 4 nitrogen and oxygen atoms in total. The number of morpholine rings is 1. The Balaban J connectivity index is 1.53. The van der Waals surface area contributed by atoms with Gasteiger partial charge in [0.05, 0.1) is 18.8 Å². The fourth-order valence-corrected chi connectivity index (χ4v) is 5.54. The van der Waals surface area contributed by atoms with Crippen LogP contribution in [-0.2, 0) is 23.2 Å². The Bertz CT molecular complexity index is 1150. The fourth-order valence-electron chi connectivity index (χ4n) is 4.79. The van der Waals surface area contributed by atoms with Gasteiger partial charge in [0.15, 0.2) is 0 Å². The summed E-state index contributed by atoms with van der Waals surface area (Å²) in [7, 11) is 0. The van der Waals surface area contributed by atoms with E-state index in [-0.39, 0.29) is 5.54 Å². The molecule has 0 saturated carbocycles. The maximum atomic E-state index is 6.34. The average molecular weight is 547 g/mol. The first-order valence-corrected chi connectivity index (χ1v) is 12.7. The van der Waals surface area contributed by atoms with E-state index in [1.54, 1.807) is 0 Å². The van der Waals surface area contributed by atoms with Crippen LogP contribution in [0.5, 0.6) is 0 Å². The standard InChI is InChI=1S/C26H26BrCl2N3O/c27-20-5-4-19(16-32-8-10-33-11-9-32)24(13-20)31-26(15-18-2-1-3-21(28)12-18)17-30-25-14-22(29)6-7-23(25)26/h1-7,12-14,30-31H,8-11,15-17H2. The van der Waals surface area contributed by atoms with Crippen molar-refractivity contribution in [3.63, 3.8) is 0 Å². The smallest absolute Gasteiger partial charge is 0.0858 e. The first-order chi connectivity index (χ1) is 16.0. The van der Waals surface area contributed by atoms with Crippen molar-refractivity contribution in [2.75, 3.05) is 43.5 Å². The molecule has 0 spiro atoms. The summed E-state index contributed by atoms with van der Waals surface area (Å²) in [5.74, 6) is 0. The summed E-state index contributed by atoms with van der Waals surface area (Å²) in [5.41, 5.74) is 5.52. The lowest BCUT2D eigenvalue weighted by atomic mass is 9.84. The summed E-state index contributed by atoms with van der Waals surface area (Å²) < 4.78 is 6.59. The molecule has 33 heavy (non-hydrogen) atoms. The summed E-state index contributed by atoms with van der Waals surface area (Å²) in [6.07, 6.45) is 0.790. The maximum absolute atomic E-state index is 6.34. The van der Waals surface area contributed by atoms with E-state index in [1.807, 2.05) is 24.3 Å². The van der Waals surface area contributed by atoms with Gasteiger partial charge in [0, 0.05) is 64.1 Å². The van der Waals surface area contributed by atoms with Gasteiger partial charge in [-0.25, -0.2) is 0 Å². The molecule has 2 aliphatic rings. The second-order valence-corrected chi connectivity index (χ2v) is 10.5. The van der Waals surface area contributed by atoms with Crippen molar-refractivity contribution in [2.24, 2.45) is 0 Å². The monoisotopic (exact) mass is 545 g/mol. The topological polar surface area (TPSA) is 36.5 Å². The molecule has 5 rings (SSSR count). The lowest BCUT2D eigenvalue weighted by Crippen LogP contribution is -2.40. The molecule has 1 unspecified atom stereocenters. The zero-order chi connectivity index (χ0) is 22.8. The van der Waals surface area contributed by atoms with Crippen LogP contribution in [0.4, 0.5) is 11.4 Å². The Morgan fingerprint density at radius 2 is 1.82 bits per heavy atom. The number of rotatable bonds is 6. The van der Waals surface area contributed by atoms with Crippen LogP contribution >= 0.6 is 39.1 Å². The van der Waals surface area contributed by atoms with Crippen LogP contribution in [0.2, 0.25) is 10.0 Å². The number of benzene rings is 3. The van der Waals surface area contributed by atoms with Crippen molar-refractivity contribution < 1.29 is 4.74 Å². The second kappa shape index (κ2) is 9.85. The first kappa shape index (κ1) is 23.0. The molecule has 172 valence electrons. The minimum atomic E-state index is -0.342. The Kier molecular flexibility index (Phi) is 6.86. The summed E-state index contributed by atoms with van der Waals surface area (Å²) in [6.45, 7) is 5.11. The van der Waals surface area contributed by atoms with Crippen LogP contribution in [0.15, 0.2) is 65.1 Å². The lowest BCUT2D eigenvalue weighted by Gasteiger charge is -2.34. The van der Waals surface area contributed by atoms with Crippen LogP contribution in [0, 0.1) is 0 Å². The van der Waals surface area contributed by atoms with Gasteiger partial charge in [-0.15, -0.1) is 0 Å². The molecule has 0 bridgehead atoms. The highest BCUT2D eigenvalue weighted by Gasteiger charge is 2.39. The molecular weight excluding hydrogens is 521 g/mol. The van der Waals surface area contributed by atoms with Gasteiger partial charge in [-0.2, -0.15) is 0 Å². The van der Waals surface area contributed by atoms with Gasteiger partial charge in [0.25, 0.3) is 0 Å². The number of nitrogens with zero attached hydrogens (tertiary/aromatic N) is 1. The van der Waals surface area contributed by atoms with E-state index < -0.39 is 0 Å². The Morgan fingerprint density at radius 3 is 2.64 bits per heavy atom. The second-order valence-electron chi connectivity index (χ2n) is 8.75. The Hall–Kier alpha value is -1.76. The molecule has 1 atom stereocenters. The minimum absolute atomic E-state index is 0.342. The summed E-state index contributed by atoms with van der Waals surface area (Å²) in [4.78, 5) is 2.45. The Morgan fingerprint density at radius 1 is 1.00 bits per heavy atom. The van der Waals surface area contributed by atoms with Crippen LogP contribution < -0.4 is 10.6 Å². The van der Waals surface area contributed by atoms with Gasteiger partial charge in [-0.3, -0.25) is 4.90 Å². The predicted molar refractivity (Wildman–Crippen MR) is 141 cm³/mol. The number of halogens is 3. The predicted octanol–water partition coefficient (Wildman–Crippen LogP) is 6.56. The van der Waals surface area contributed by atoms with E-state index in [4.69, 9.17) is 27.9 Å². The van der Waals surface area contributed by atoms with Gasteiger partial charge < -0.3 is 15.4 Å². The highest BCUT2D eigenvalue weighted by atomic mass is 79.9. The summed E-state index contributed by atoms with van der Waals surface area (Å²) in [6, 6.07) is 20.7. The first-order valence-electron chi connectivity index (χ1n) is 11.2. The van der Waals surface area contributed by atoms with Gasteiger partial charge in [-0.1, -0.05) is 63.4 Å². The van der Waals surface area contributed by atoms with Crippen molar-refractivity contribution in [1.29, 1.82) is 0 Å². The molecule has 0 amide bonds. The van der Waals surface area contributed by atoms with Crippen LogP contribution in [0.25, 0.3) is 0 Å². The van der Waals surface area contributed by atoms with Gasteiger partial charge in [-0.05, 0) is 47.5 Å². The molecule has 3 aromatic carbocycles. The molecule has 7 heteroatoms. The molecule has 1 saturated heterocycles. The number of ether oxygens (including phenoxy) is 1. The molecule has 0 aromatic heterocycles. The third-order valence-corrected chi connectivity index (χ3v) is 7.38. The van der Waals surface area contributed by atoms with Crippen molar-refractivity contribution in [2.45, 2.75) is 18.5 Å². The van der Waals surface area contributed by atoms with E-state index >= 15 is 0 Å². The number of nitrogens with one attached hydrogen (secondary N) is 2. The van der Waals surface area contributed by atoms with Gasteiger partial charge in [0.1, 0.15) is 0 Å².